The van der Waals surface area contributed by atoms with E-state index < -0.39 is 0 Å². The van der Waals surface area contributed by atoms with Gasteiger partial charge >= 0.3 is 0 Å². The Morgan fingerprint density at radius 3 is 2.76 bits per heavy atom. The van der Waals surface area contributed by atoms with Crippen molar-refractivity contribution in [2.45, 2.75) is 6.42 Å². The Kier molecular flexibility index (Phi) is 7.83. The average molecular weight is 550 g/mol. The van der Waals surface area contributed by atoms with E-state index >= 15 is 0 Å². The van der Waals surface area contributed by atoms with Crippen LogP contribution in [-0.2, 0) is 9.53 Å². The third-order valence-electron chi connectivity index (χ3n) is 6.95. The number of amides is 1. The molecule has 0 bridgehead atoms. The number of imidazole rings is 1. The van der Waals surface area contributed by atoms with Crippen molar-refractivity contribution >= 4 is 45.0 Å². The van der Waals surface area contributed by atoms with Crippen LogP contribution >= 0.6 is 0 Å². The summed E-state index contributed by atoms with van der Waals surface area (Å²) in [7, 11) is 0. The van der Waals surface area contributed by atoms with Crippen molar-refractivity contribution in [3.8, 4) is 17.1 Å². The standard InChI is InChI=1S/C31H31N7O3/c1-2-29(39)35-27-18-23-25(19-28(27)41-14-6-11-38-12-15-40-16-13-38)32-20-33-31(23)34-22-9-10-24-26(17-22)37-30(36-24)21-7-4-3-5-8-21/h2-5,7-10,17-20H,1,6,11-16H2,(H,35,39)(H,36,37)(H,32,33,34). The van der Waals surface area contributed by atoms with Gasteiger partial charge in [-0.05, 0) is 36.8 Å². The first-order chi connectivity index (χ1) is 20.2. The molecule has 3 heterocycles. The quantitative estimate of drug-likeness (QED) is 0.162. The molecular weight excluding hydrogens is 518 g/mol. The van der Waals surface area contributed by atoms with Crippen LogP contribution in [0, 0.1) is 0 Å². The van der Waals surface area contributed by atoms with Crippen LogP contribution in [0.25, 0.3) is 33.3 Å². The zero-order chi connectivity index (χ0) is 28.0. The molecule has 0 spiro atoms. The fourth-order valence-electron chi connectivity index (χ4n) is 4.83. The number of anilines is 3. The number of carbonyl (C=O) groups is 1. The Morgan fingerprint density at radius 2 is 1.93 bits per heavy atom. The largest absolute Gasteiger partial charge is 0.491 e. The Bertz CT molecular complexity index is 1680. The molecule has 5 aromatic rings. The molecule has 1 amide bonds. The highest BCUT2D eigenvalue weighted by Crippen LogP contribution is 2.34. The minimum Gasteiger partial charge on any atom is -0.491 e. The van der Waals surface area contributed by atoms with Crippen LogP contribution in [-0.4, -0.2) is 70.2 Å². The number of fused-ring (bicyclic) bond motifs is 2. The first kappa shape index (κ1) is 26.4. The fraction of sp³-hybridized carbons (Fsp3) is 0.226. The zero-order valence-electron chi connectivity index (χ0n) is 22.6. The number of nitrogens with zero attached hydrogens (tertiary/aromatic N) is 4. The van der Waals surface area contributed by atoms with Gasteiger partial charge in [0.15, 0.2) is 0 Å². The number of morpholine rings is 1. The van der Waals surface area contributed by atoms with E-state index in [2.05, 4.69) is 37.1 Å². The highest BCUT2D eigenvalue weighted by atomic mass is 16.5. The third kappa shape index (κ3) is 6.19. The average Bonchev–Trinajstić information content (AvgIpc) is 3.44. The summed E-state index contributed by atoms with van der Waals surface area (Å²) in [5.41, 5.74) is 4.83. The van der Waals surface area contributed by atoms with E-state index in [1.54, 1.807) is 0 Å². The molecular formula is C31H31N7O3. The molecule has 0 atom stereocenters. The number of nitrogens with one attached hydrogen (secondary N) is 3. The minimum atomic E-state index is -0.327. The van der Waals surface area contributed by atoms with Crippen LogP contribution in [0.3, 0.4) is 0 Å². The maximum atomic E-state index is 12.3. The lowest BCUT2D eigenvalue weighted by atomic mass is 10.1. The summed E-state index contributed by atoms with van der Waals surface area (Å²) < 4.78 is 11.5. The van der Waals surface area contributed by atoms with Gasteiger partial charge in [0.1, 0.15) is 23.7 Å². The molecule has 0 unspecified atom stereocenters. The number of aromatic amines is 1. The SMILES string of the molecule is C=CC(=O)Nc1cc2c(Nc3ccc4[nH]c(-c5ccccc5)nc4c3)ncnc2cc1OCCCN1CCOCC1. The first-order valence-corrected chi connectivity index (χ1v) is 13.6. The number of carbonyl (C=O) groups excluding carboxylic acids is 1. The summed E-state index contributed by atoms with van der Waals surface area (Å²) >= 11 is 0. The van der Waals surface area contributed by atoms with Crippen molar-refractivity contribution < 1.29 is 14.3 Å². The van der Waals surface area contributed by atoms with E-state index in [4.69, 9.17) is 14.5 Å². The van der Waals surface area contributed by atoms with Crippen LogP contribution in [0.2, 0.25) is 0 Å². The summed E-state index contributed by atoms with van der Waals surface area (Å²) in [6, 6.07) is 19.6. The van der Waals surface area contributed by atoms with Crippen molar-refractivity contribution in [2.24, 2.45) is 0 Å². The maximum absolute atomic E-state index is 12.3. The number of hydrogen-bond donors (Lipinski definition) is 3. The third-order valence-corrected chi connectivity index (χ3v) is 6.95. The molecule has 0 radical (unpaired) electrons. The molecule has 1 fully saturated rings. The number of ether oxygens (including phenoxy) is 2. The second kappa shape index (κ2) is 12.2. The van der Waals surface area contributed by atoms with Crippen molar-refractivity contribution in [2.75, 3.05) is 50.1 Å². The van der Waals surface area contributed by atoms with Crippen LogP contribution < -0.4 is 15.4 Å². The van der Waals surface area contributed by atoms with Gasteiger partial charge in [0.2, 0.25) is 5.91 Å². The molecule has 10 heteroatoms. The van der Waals surface area contributed by atoms with Gasteiger partial charge in [0.25, 0.3) is 0 Å². The van der Waals surface area contributed by atoms with Gasteiger partial charge in [0.05, 0.1) is 42.1 Å². The Labute approximate surface area is 237 Å². The predicted molar refractivity (Wildman–Crippen MR) is 161 cm³/mol. The lowest BCUT2D eigenvalue weighted by molar-refractivity contribution is -0.111. The second-order valence-electron chi connectivity index (χ2n) is 9.75. The lowest BCUT2D eigenvalue weighted by Gasteiger charge is -2.26. The number of rotatable bonds is 10. The molecule has 0 aliphatic carbocycles. The van der Waals surface area contributed by atoms with Crippen LogP contribution in [0.1, 0.15) is 6.42 Å². The monoisotopic (exact) mass is 549 g/mol. The van der Waals surface area contributed by atoms with Crippen molar-refractivity contribution in [3.05, 3.63) is 79.6 Å². The van der Waals surface area contributed by atoms with E-state index in [0.29, 0.717) is 29.4 Å². The predicted octanol–water partition coefficient (Wildman–Crippen LogP) is 5.14. The Hall–Kier alpha value is -4.80. The van der Waals surface area contributed by atoms with E-state index in [-0.39, 0.29) is 5.91 Å². The Morgan fingerprint density at radius 1 is 1.07 bits per heavy atom. The summed E-state index contributed by atoms with van der Waals surface area (Å²) in [6.07, 6.45) is 3.59. The van der Waals surface area contributed by atoms with Gasteiger partial charge in [-0.25, -0.2) is 15.0 Å². The summed E-state index contributed by atoms with van der Waals surface area (Å²) in [5.74, 6) is 1.63. The molecule has 208 valence electrons. The number of hydrogen-bond acceptors (Lipinski definition) is 8. The van der Waals surface area contributed by atoms with Gasteiger partial charge in [-0.3, -0.25) is 9.69 Å². The van der Waals surface area contributed by atoms with E-state index in [1.165, 1.54) is 12.4 Å². The summed E-state index contributed by atoms with van der Waals surface area (Å²) in [6.45, 7) is 8.42. The van der Waals surface area contributed by atoms with Crippen molar-refractivity contribution in [1.29, 1.82) is 0 Å². The summed E-state index contributed by atoms with van der Waals surface area (Å²) in [4.78, 5) is 31.7. The number of aromatic nitrogens is 4. The number of H-pyrrole nitrogens is 1. The Balaban J connectivity index is 1.24. The van der Waals surface area contributed by atoms with Gasteiger partial charge in [0, 0.05) is 42.3 Å². The molecule has 3 aromatic carbocycles. The minimum absolute atomic E-state index is 0.327. The zero-order valence-corrected chi connectivity index (χ0v) is 22.6. The smallest absolute Gasteiger partial charge is 0.247 e. The van der Waals surface area contributed by atoms with Gasteiger partial charge < -0.3 is 25.1 Å². The molecule has 6 rings (SSSR count). The molecule has 1 saturated heterocycles. The van der Waals surface area contributed by atoms with E-state index in [9.17, 15) is 4.79 Å². The molecule has 3 N–H and O–H groups in total. The van der Waals surface area contributed by atoms with E-state index in [0.717, 1.165) is 72.8 Å². The van der Waals surface area contributed by atoms with Crippen molar-refractivity contribution in [3.63, 3.8) is 0 Å². The topological polar surface area (TPSA) is 117 Å². The maximum Gasteiger partial charge on any atom is 0.247 e. The fourth-order valence-corrected chi connectivity index (χ4v) is 4.83. The van der Waals surface area contributed by atoms with Gasteiger partial charge in [-0.1, -0.05) is 36.9 Å². The van der Waals surface area contributed by atoms with E-state index in [1.807, 2.05) is 60.7 Å². The van der Waals surface area contributed by atoms with Crippen molar-refractivity contribution in [1.82, 2.24) is 24.8 Å². The molecule has 2 aromatic heterocycles. The molecule has 0 saturated carbocycles. The first-order valence-electron chi connectivity index (χ1n) is 13.6. The van der Waals surface area contributed by atoms with Gasteiger partial charge in [-0.15, -0.1) is 0 Å². The summed E-state index contributed by atoms with van der Waals surface area (Å²) in [5, 5.41) is 7.00. The molecule has 41 heavy (non-hydrogen) atoms. The van der Waals surface area contributed by atoms with Crippen LogP contribution in [0.5, 0.6) is 5.75 Å². The van der Waals surface area contributed by atoms with Gasteiger partial charge in [-0.2, -0.15) is 0 Å². The molecule has 10 nitrogen and oxygen atoms in total. The van der Waals surface area contributed by atoms with Crippen LogP contribution in [0.15, 0.2) is 79.6 Å². The second-order valence-corrected chi connectivity index (χ2v) is 9.75. The molecule has 1 aliphatic rings. The van der Waals surface area contributed by atoms with Crippen LogP contribution in [0.4, 0.5) is 17.2 Å². The molecule has 1 aliphatic heterocycles. The highest BCUT2D eigenvalue weighted by molar-refractivity contribution is 6.03. The number of benzene rings is 3. The highest BCUT2D eigenvalue weighted by Gasteiger charge is 2.15. The normalized spacial score (nSPS) is 13.8. The lowest BCUT2D eigenvalue weighted by Crippen LogP contribution is -2.37.